The molecule has 0 saturated heterocycles. The molecule has 0 unspecified atom stereocenters. The fraction of sp³-hybridized carbons (Fsp3) is 0.250. The molecule has 0 saturated carbocycles. The summed E-state index contributed by atoms with van der Waals surface area (Å²) < 4.78 is 0. The van der Waals surface area contributed by atoms with Gasteiger partial charge in [0.15, 0.2) is 0 Å². The van der Waals surface area contributed by atoms with Crippen molar-refractivity contribution in [2.45, 2.75) is 0 Å². The topological polar surface area (TPSA) is 32.3 Å². The number of aromatic hydroxyl groups is 1. The lowest BCUT2D eigenvalue weighted by molar-refractivity contribution is 0.475. The Morgan fingerprint density at radius 2 is 1.91 bits per heavy atom. The van der Waals surface area contributed by atoms with E-state index in [4.69, 9.17) is 5.11 Å². The van der Waals surface area contributed by atoms with Gasteiger partial charge < -0.3 is 10.4 Å². The number of rotatable bonds is 3. The highest BCUT2D eigenvalue weighted by atomic mass is 32.1. The smallest absolute Gasteiger partial charge is 0.115 e. The summed E-state index contributed by atoms with van der Waals surface area (Å²) in [5, 5.41) is 12.1. The van der Waals surface area contributed by atoms with Crippen molar-refractivity contribution in [2.75, 3.05) is 17.6 Å². The molecule has 0 amide bonds. The second-order valence-corrected chi connectivity index (χ2v) is 2.64. The number of hydrogen-bond donors (Lipinski definition) is 3. The number of nitrogens with one attached hydrogen (secondary N) is 1. The van der Waals surface area contributed by atoms with Crippen molar-refractivity contribution >= 4 is 18.3 Å². The van der Waals surface area contributed by atoms with E-state index in [1.54, 1.807) is 12.1 Å². The third-order valence-electron chi connectivity index (χ3n) is 1.31. The molecule has 0 spiro atoms. The normalized spacial score (nSPS) is 9.55. The maximum Gasteiger partial charge on any atom is 0.115 e. The molecule has 0 aliphatic rings. The average molecular weight is 169 g/mol. The maximum atomic E-state index is 8.94. The Morgan fingerprint density at radius 1 is 1.27 bits per heavy atom. The molecule has 3 heteroatoms. The quantitative estimate of drug-likeness (QED) is 0.475. The number of phenols is 1. The van der Waals surface area contributed by atoms with Crippen LogP contribution < -0.4 is 5.32 Å². The lowest BCUT2D eigenvalue weighted by Gasteiger charge is -2.02. The number of hydrogen-bond acceptors (Lipinski definition) is 3. The number of benzene rings is 1. The highest BCUT2D eigenvalue weighted by Crippen LogP contribution is 2.12. The molecule has 0 aliphatic heterocycles. The van der Waals surface area contributed by atoms with Gasteiger partial charge in [-0.3, -0.25) is 0 Å². The van der Waals surface area contributed by atoms with Crippen LogP contribution in [0.1, 0.15) is 0 Å². The summed E-state index contributed by atoms with van der Waals surface area (Å²) >= 11 is 4.06. The molecule has 60 valence electrons. The first-order valence-corrected chi connectivity index (χ1v) is 4.10. The molecule has 0 fully saturated rings. The van der Waals surface area contributed by atoms with Gasteiger partial charge >= 0.3 is 0 Å². The molecule has 0 atom stereocenters. The number of anilines is 1. The Balaban J connectivity index is 2.52. The van der Waals surface area contributed by atoms with Crippen LogP contribution in [0.15, 0.2) is 24.3 Å². The third kappa shape index (κ3) is 2.72. The molecule has 1 aromatic carbocycles. The molecule has 0 bridgehead atoms. The summed E-state index contributed by atoms with van der Waals surface area (Å²) in [7, 11) is 0. The van der Waals surface area contributed by atoms with Crippen LogP contribution >= 0.6 is 12.6 Å². The molecule has 0 heterocycles. The van der Waals surface area contributed by atoms with E-state index in [1.165, 1.54) is 0 Å². The van der Waals surface area contributed by atoms with Crippen LogP contribution in [0.5, 0.6) is 5.75 Å². The standard InChI is InChI=1S/C8H11NOS/c10-8-3-1-7(2-4-8)9-5-6-11/h1-4,9-11H,5-6H2. The Labute approximate surface area is 71.7 Å². The van der Waals surface area contributed by atoms with Crippen molar-refractivity contribution in [3.8, 4) is 5.75 Å². The van der Waals surface area contributed by atoms with E-state index < -0.39 is 0 Å². The summed E-state index contributed by atoms with van der Waals surface area (Å²) in [6.45, 7) is 0.841. The predicted molar refractivity (Wildman–Crippen MR) is 50.4 cm³/mol. The maximum absolute atomic E-state index is 8.94. The molecule has 1 aromatic rings. The molecule has 0 aromatic heterocycles. The highest BCUT2D eigenvalue weighted by Gasteiger charge is 1.89. The minimum atomic E-state index is 0.293. The molecule has 11 heavy (non-hydrogen) atoms. The van der Waals surface area contributed by atoms with E-state index in [-0.39, 0.29) is 0 Å². The molecular weight excluding hydrogens is 158 g/mol. The van der Waals surface area contributed by atoms with Crippen LogP contribution in [0, 0.1) is 0 Å². The zero-order valence-corrected chi connectivity index (χ0v) is 7.01. The summed E-state index contributed by atoms with van der Waals surface area (Å²) in [6, 6.07) is 6.97. The van der Waals surface area contributed by atoms with Crippen molar-refractivity contribution in [3.63, 3.8) is 0 Å². The van der Waals surface area contributed by atoms with E-state index in [0.717, 1.165) is 18.0 Å². The van der Waals surface area contributed by atoms with E-state index >= 15 is 0 Å². The fourth-order valence-corrected chi connectivity index (χ4v) is 0.891. The average Bonchev–Trinajstić information content (AvgIpc) is 2.04. The first-order valence-electron chi connectivity index (χ1n) is 3.46. The zero-order valence-electron chi connectivity index (χ0n) is 6.12. The minimum Gasteiger partial charge on any atom is -0.508 e. The van der Waals surface area contributed by atoms with Crippen LogP contribution in [0.4, 0.5) is 5.69 Å². The molecule has 1 rings (SSSR count). The van der Waals surface area contributed by atoms with Gasteiger partial charge in [-0.05, 0) is 24.3 Å². The Bertz CT molecular complexity index is 210. The second-order valence-electron chi connectivity index (χ2n) is 2.20. The van der Waals surface area contributed by atoms with Crippen molar-refractivity contribution in [3.05, 3.63) is 24.3 Å². The van der Waals surface area contributed by atoms with Crippen LogP contribution in [0.3, 0.4) is 0 Å². The van der Waals surface area contributed by atoms with Gasteiger partial charge in [0.25, 0.3) is 0 Å². The Kier molecular flexibility index (Phi) is 3.11. The van der Waals surface area contributed by atoms with Gasteiger partial charge in [0, 0.05) is 18.0 Å². The second kappa shape index (κ2) is 4.13. The van der Waals surface area contributed by atoms with Crippen LogP contribution in [-0.2, 0) is 0 Å². The van der Waals surface area contributed by atoms with E-state index in [2.05, 4.69) is 17.9 Å². The van der Waals surface area contributed by atoms with Gasteiger partial charge in [0.05, 0.1) is 0 Å². The van der Waals surface area contributed by atoms with Gasteiger partial charge in [0.1, 0.15) is 5.75 Å². The zero-order chi connectivity index (χ0) is 8.10. The van der Waals surface area contributed by atoms with Crippen LogP contribution in [-0.4, -0.2) is 17.4 Å². The predicted octanol–water partition coefficient (Wildman–Crippen LogP) is 1.73. The first kappa shape index (κ1) is 8.27. The Morgan fingerprint density at radius 3 is 2.45 bits per heavy atom. The highest BCUT2D eigenvalue weighted by molar-refractivity contribution is 7.80. The van der Waals surface area contributed by atoms with Crippen LogP contribution in [0.25, 0.3) is 0 Å². The first-order chi connectivity index (χ1) is 5.33. The van der Waals surface area contributed by atoms with Crippen molar-refractivity contribution in [1.82, 2.24) is 0 Å². The number of phenolic OH excluding ortho intramolecular Hbond substituents is 1. The summed E-state index contributed by atoms with van der Waals surface area (Å²) in [5.74, 6) is 1.10. The van der Waals surface area contributed by atoms with Gasteiger partial charge in [-0.2, -0.15) is 12.6 Å². The monoisotopic (exact) mass is 169 g/mol. The van der Waals surface area contributed by atoms with E-state index in [9.17, 15) is 0 Å². The lowest BCUT2D eigenvalue weighted by atomic mass is 10.3. The lowest BCUT2D eigenvalue weighted by Crippen LogP contribution is -2.01. The van der Waals surface area contributed by atoms with Gasteiger partial charge in [-0.1, -0.05) is 0 Å². The third-order valence-corrected chi connectivity index (χ3v) is 1.53. The van der Waals surface area contributed by atoms with E-state index in [1.807, 2.05) is 12.1 Å². The molecule has 0 aliphatic carbocycles. The number of thiol groups is 1. The van der Waals surface area contributed by atoms with Crippen molar-refractivity contribution in [1.29, 1.82) is 0 Å². The van der Waals surface area contributed by atoms with Gasteiger partial charge in [-0.25, -0.2) is 0 Å². The summed E-state index contributed by atoms with van der Waals surface area (Å²) in [4.78, 5) is 0. The molecule has 2 N–H and O–H groups in total. The summed E-state index contributed by atoms with van der Waals surface area (Å²) in [6.07, 6.45) is 0. The van der Waals surface area contributed by atoms with E-state index in [0.29, 0.717) is 5.75 Å². The van der Waals surface area contributed by atoms with Gasteiger partial charge in [0.2, 0.25) is 0 Å². The fourth-order valence-electron chi connectivity index (χ4n) is 0.780. The largest absolute Gasteiger partial charge is 0.508 e. The molecule has 2 nitrogen and oxygen atoms in total. The van der Waals surface area contributed by atoms with Crippen LogP contribution in [0.2, 0.25) is 0 Å². The molecular formula is C8H11NOS. The Hall–Kier alpha value is -0.830. The SMILES string of the molecule is Oc1ccc(NCCS)cc1. The minimum absolute atomic E-state index is 0.293. The van der Waals surface area contributed by atoms with Gasteiger partial charge in [-0.15, -0.1) is 0 Å². The van der Waals surface area contributed by atoms with Crippen molar-refractivity contribution in [2.24, 2.45) is 0 Å². The molecule has 0 radical (unpaired) electrons. The van der Waals surface area contributed by atoms with Crippen molar-refractivity contribution < 1.29 is 5.11 Å². The summed E-state index contributed by atoms with van der Waals surface area (Å²) in [5.41, 5.74) is 1.01.